The van der Waals surface area contributed by atoms with E-state index in [2.05, 4.69) is 31.0 Å². The Morgan fingerprint density at radius 1 is 1.33 bits per heavy atom. The van der Waals surface area contributed by atoms with Crippen molar-refractivity contribution in [3.63, 3.8) is 0 Å². The summed E-state index contributed by atoms with van der Waals surface area (Å²) in [5.74, 6) is 1.29. The number of allylic oxidation sites excluding steroid dienone is 2. The second-order valence-electron chi connectivity index (χ2n) is 3.46. The molecule has 2 unspecified atom stereocenters. The lowest BCUT2D eigenvalue weighted by Gasteiger charge is -2.13. The summed E-state index contributed by atoms with van der Waals surface area (Å²) < 4.78 is 5.64. The van der Waals surface area contributed by atoms with Crippen LogP contribution in [0.4, 0.5) is 0 Å². The van der Waals surface area contributed by atoms with Gasteiger partial charge in [0.1, 0.15) is 12.1 Å². The van der Waals surface area contributed by atoms with E-state index in [9.17, 15) is 0 Å². The number of fused-ring (bicyclic) bond motifs is 1. The molecule has 2 atom stereocenters. The van der Waals surface area contributed by atoms with E-state index in [4.69, 9.17) is 4.74 Å². The molecular formula is C10H13NO. The Labute approximate surface area is 72.6 Å². The van der Waals surface area contributed by atoms with Crippen LogP contribution in [0.2, 0.25) is 0 Å². The molecule has 0 fully saturated rings. The van der Waals surface area contributed by atoms with Crippen LogP contribution in [-0.4, -0.2) is 18.0 Å². The van der Waals surface area contributed by atoms with Gasteiger partial charge in [0, 0.05) is 5.92 Å². The molecule has 64 valence electrons. The molecule has 2 aliphatic rings. The topological polar surface area (TPSA) is 21.6 Å². The Morgan fingerprint density at radius 3 is 2.75 bits per heavy atom. The van der Waals surface area contributed by atoms with Gasteiger partial charge in [0.15, 0.2) is 5.90 Å². The van der Waals surface area contributed by atoms with Gasteiger partial charge >= 0.3 is 0 Å². The molecule has 1 aliphatic heterocycles. The number of hydrogen-bond acceptors (Lipinski definition) is 2. The quantitative estimate of drug-likeness (QED) is 0.579. The standard InChI is InChI=1S/C10H13NO/c1-7(2)10-11-8-5-3-4-6-9(8)12-10/h3-9H,1-2H3. The summed E-state index contributed by atoms with van der Waals surface area (Å²) in [4.78, 5) is 4.47. The van der Waals surface area contributed by atoms with E-state index in [0.29, 0.717) is 5.92 Å². The minimum absolute atomic E-state index is 0.160. The van der Waals surface area contributed by atoms with Gasteiger partial charge in [-0.05, 0) is 6.08 Å². The molecule has 0 radical (unpaired) electrons. The van der Waals surface area contributed by atoms with Crippen molar-refractivity contribution >= 4 is 5.90 Å². The summed E-state index contributed by atoms with van der Waals surface area (Å²) in [6, 6.07) is 0.229. The number of ether oxygens (including phenoxy) is 1. The Balaban J connectivity index is 2.16. The predicted molar refractivity (Wildman–Crippen MR) is 49.2 cm³/mol. The average Bonchev–Trinajstić information content (AvgIpc) is 2.46. The van der Waals surface area contributed by atoms with Crippen LogP contribution in [0.15, 0.2) is 29.3 Å². The zero-order valence-corrected chi connectivity index (χ0v) is 7.40. The summed E-state index contributed by atoms with van der Waals surface area (Å²) in [5.41, 5.74) is 0. The smallest absolute Gasteiger partial charge is 0.187 e. The molecule has 0 spiro atoms. The lowest BCUT2D eigenvalue weighted by atomic mass is 10.1. The maximum Gasteiger partial charge on any atom is 0.187 e. The lowest BCUT2D eigenvalue weighted by molar-refractivity contribution is 0.242. The normalized spacial score (nSPS) is 31.8. The lowest BCUT2D eigenvalue weighted by Crippen LogP contribution is -2.20. The Bertz CT molecular complexity index is 263. The second kappa shape index (κ2) is 2.77. The average molecular weight is 163 g/mol. The van der Waals surface area contributed by atoms with Gasteiger partial charge in [-0.1, -0.05) is 32.1 Å². The summed E-state index contributed by atoms with van der Waals surface area (Å²) in [6.07, 6.45) is 8.34. The highest BCUT2D eigenvalue weighted by atomic mass is 16.5. The molecule has 2 nitrogen and oxygen atoms in total. The van der Waals surface area contributed by atoms with E-state index in [0.717, 1.165) is 5.90 Å². The molecule has 1 heterocycles. The highest BCUT2D eigenvalue weighted by Gasteiger charge is 2.28. The van der Waals surface area contributed by atoms with Crippen molar-refractivity contribution in [2.24, 2.45) is 10.9 Å². The van der Waals surface area contributed by atoms with Gasteiger partial charge in [0.2, 0.25) is 0 Å². The molecule has 2 rings (SSSR count). The van der Waals surface area contributed by atoms with Crippen LogP contribution < -0.4 is 0 Å². The van der Waals surface area contributed by atoms with Crippen molar-refractivity contribution in [2.45, 2.75) is 26.0 Å². The molecule has 0 aromatic rings. The summed E-state index contributed by atoms with van der Waals surface area (Å²) in [7, 11) is 0. The van der Waals surface area contributed by atoms with Crippen LogP contribution in [0, 0.1) is 5.92 Å². The van der Waals surface area contributed by atoms with Crippen molar-refractivity contribution in [1.82, 2.24) is 0 Å². The zero-order chi connectivity index (χ0) is 8.55. The molecule has 0 saturated carbocycles. The molecule has 0 aromatic heterocycles. The van der Waals surface area contributed by atoms with Gasteiger partial charge in [0.05, 0.1) is 0 Å². The Morgan fingerprint density at radius 2 is 2.08 bits per heavy atom. The fourth-order valence-electron chi connectivity index (χ4n) is 1.40. The van der Waals surface area contributed by atoms with Crippen LogP contribution in [0.1, 0.15) is 13.8 Å². The van der Waals surface area contributed by atoms with E-state index in [1.54, 1.807) is 0 Å². The second-order valence-corrected chi connectivity index (χ2v) is 3.46. The van der Waals surface area contributed by atoms with Gasteiger partial charge in [-0.15, -0.1) is 0 Å². The van der Waals surface area contributed by atoms with Crippen molar-refractivity contribution in [3.8, 4) is 0 Å². The van der Waals surface area contributed by atoms with E-state index in [1.165, 1.54) is 0 Å². The monoisotopic (exact) mass is 163 g/mol. The predicted octanol–water partition coefficient (Wildman–Crippen LogP) is 1.93. The molecule has 0 saturated heterocycles. The summed E-state index contributed by atoms with van der Waals surface area (Å²) >= 11 is 0. The third-order valence-corrected chi connectivity index (χ3v) is 2.08. The summed E-state index contributed by atoms with van der Waals surface area (Å²) in [5, 5.41) is 0. The SMILES string of the molecule is CC(C)C1=NC2C=CC=CC2O1. The van der Waals surface area contributed by atoms with Crippen LogP contribution in [0.3, 0.4) is 0 Å². The molecule has 0 bridgehead atoms. The minimum atomic E-state index is 0.160. The zero-order valence-electron chi connectivity index (χ0n) is 7.40. The third-order valence-electron chi connectivity index (χ3n) is 2.08. The number of nitrogens with zero attached hydrogens (tertiary/aromatic N) is 1. The Hall–Kier alpha value is -1.05. The molecule has 0 N–H and O–H groups in total. The first-order valence-electron chi connectivity index (χ1n) is 4.37. The van der Waals surface area contributed by atoms with Gasteiger partial charge in [-0.25, -0.2) is 4.99 Å². The van der Waals surface area contributed by atoms with Crippen molar-refractivity contribution < 1.29 is 4.74 Å². The van der Waals surface area contributed by atoms with E-state index < -0.39 is 0 Å². The van der Waals surface area contributed by atoms with Crippen molar-refractivity contribution in [2.75, 3.05) is 0 Å². The van der Waals surface area contributed by atoms with Crippen LogP contribution in [0.25, 0.3) is 0 Å². The van der Waals surface area contributed by atoms with E-state index >= 15 is 0 Å². The fraction of sp³-hybridized carbons (Fsp3) is 0.500. The van der Waals surface area contributed by atoms with Gasteiger partial charge < -0.3 is 4.74 Å². The van der Waals surface area contributed by atoms with Crippen LogP contribution in [-0.2, 0) is 4.74 Å². The molecule has 0 amide bonds. The van der Waals surface area contributed by atoms with Gasteiger partial charge in [-0.2, -0.15) is 0 Å². The highest BCUT2D eigenvalue weighted by molar-refractivity contribution is 5.80. The first-order valence-corrected chi connectivity index (χ1v) is 4.37. The van der Waals surface area contributed by atoms with Gasteiger partial charge in [0.25, 0.3) is 0 Å². The van der Waals surface area contributed by atoms with Crippen molar-refractivity contribution in [3.05, 3.63) is 24.3 Å². The maximum absolute atomic E-state index is 5.64. The number of aliphatic imine (C=N–C) groups is 1. The molecule has 0 aromatic carbocycles. The minimum Gasteiger partial charge on any atom is -0.471 e. The molecule has 12 heavy (non-hydrogen) atoms. The Kier molecular flexibility index (Phi) is 1.75. The number of rotatable bonds is 1. The molecular weight excluding hydrogens is 150 g/mol. The highest BCUT2D eigenvalue weighted by Crippen LogP contribution is 2.22. The molecule has 1 aliphatic carbocycles. The van der Waals surface area contributed by atoms with Gasteiger partial charge in [-0.3, -0.25) is 0 Å². The fourth-order valence-corrected chi connectivity index (χ4v) is 1.40. The van der Waals surface area contributed by atoms with Crippen LogP contribution in [0.5, 0.6) is 0 Å². The third kappa shape index (κ3) is 1.17. The largest absolute Gasteiger partial charge is 0.471 e. The molecule has 2 heteroatoms. The van der Waals surface area contributed by atoms with E-state index in [1.807, 2.05) is 12.2 Å². The number of hydrogen-bond donors (Lipinski definition) is 0. The first kappa shape index (κ1) is 7.59. The summed E-state index contributed by atoms with van der Waals surface area (Å²) in [6.45, 7) is 4.20. The van der Waals surface area contributed by atoms with E-state index in [-0.39, 0.29) is 12.1 Å². The van der Waals surface area contributed by atoms with Crippen molar-refractivity contribution in [1.29, 1.82) is 0 Å². The first-order chi connectivity index (χ1) is 5.77. The maximum atomic E-state index is 5.64. The van der Waals surface area contributed by atoms with Crippen LogP contribution >= 0.6 is 0 Å².